The molecule has 0 aliphatic heterocycles. The molecule has 0 saturated heterocycles. The number of hydrogen-bond donors (Lipinski definition) is 1. The second-order valence-electron chi connectivity index (χ2n) is 4.40. The van der Waals surface area contributed by atoms with E-state index in [4.69, 9.17) is 4.74 Å². The van der Waals surface area contributed by atoms with Crippen molar-refractivity contribution in [1.82, 2.24) is 0 Å². The van der Waals surface area contributed by atoms with Gasteiger partial charge >= 0.3 is 6.18 Å². The van der Waals surface area contributed by atoms with Crippen molar-refractivity contribution in [2.45, 2.75) is 19.1 Å². The Hall–Kier alpha value is -2.43. The highest BCUT2D eigenvalue weighted by molar-refractivity contribution is 5.75. The van der Waals surface area contributed by atoms with Gasteiger partial charge in [0.05, 0.1) is 22.0 Å². The maximum Gasteiger partial charge on any atom is 0.416 e. The molecular weight excluding hydrogens is 311 g/mol. The van der Waals surface area contributed by atoms with Crippen LogP contribution in [0.4, 0.5) is 30.2 Å². The van der Waals surface area contributed by atoms with Crippen molar-refractivity contribution in [3.63, 3.8) is 0 Å². The smallest absolute Gasteiger partial charge is 0.383 e. The Bertz CT molecular complexity index is 556. The van der Waals surface area contributed by atoms with Crippen molar-refractivity contribution in [3.8, 4) is 0 Å². The number of nitrogens with one attached hydrogen (secondary N) is 1. The minimum atomic E-state index is -4.94. The summed E-state index contributed by atoms with van der Waals surface area (Å²) in [6.07, 6.45) is -4.94. The highest BCUT2D eigenvalue weighted by Gasteiger charge is 2.37. The van der Waals surface area contributed by atoms with Crippen molar-refractivity contribution in [2.24, 2.45) is 0 Å². The fraction of sp³-hybridized carbons (Fsp3) is 0.455. The van der Waals surface area contributed by atoms with E-state index in [9.17, 15) is 33.4 Å². The molecule has 0 aromatic heterocycles. The number of benzene rings is 1. The molecule has 1 unspecified atom stereocenters. The number of nitro benzene ring substituents is 2. The first kappa shape index (κ1) is 17.6. The number of ether oxygens (including phenoxy) is 1. The first-order valence-corrected chi connectivity index (χ1v) is 5.87. The van der Waals surface area contributed by atoms with Crippen LogP contribution in [0, 0.1) is 20.2 Å². The van der Waals surface area contributed by atoms with Crippen molar-refractivity contribution < 1.29 is 27.8 Å². The van der Waals surface area contributed by atoms with Gasteiger partial charge in [-0.25, -0.2) is 0 Å². The fourth-order valence-corrected chi connectivity index (χ4v) is 1.75. The average Bonchev–Trinajstić information content (AvgIpc) is 2.36. The van der Waals surface area contributed by atoms with Crippen molar-refractivity contribution in [1.29, 1.82) is 0 Å². The van der Waals surface area contributed by atoms with Gasteiger partial charge in [0, 0.05) is 25.3 Å². The Labute approximate surface area is 122 Å². The molecule has 122 valence electrons. The third-order valence-electron chi connectivity index (χ3n) is 2.62. The van der Waals surface area contributed by atoms with Crippen LogP contribution in [0.15, 0.2) is 12.1 Å². The van der Waals surface area contributed by atoms with Gasteiger partial charge < -0.3 is 10.1 Å². The minimum absolute atomic E-state index is 0.0509. The highest BCUT2D eigenvalue weighted by Crippen LogP contribution is 2.41. The number of nitro groups is 2. The standard InChI is InChI=1S/C11H12F3N3O5/c1-6(5-22-2)15-10-8(16(18)19)3-7(11(12,13)14)4-9(10)17(20)21/h3-4,6,15H,5H2,1-2H3. The second-order valence-corrected chi connectivity index (χ2v) is 4.40. The number of rotatable bonds is 6. The van der Waals surface area contributed by atoms with E-state index < -0.39 is 44.7 Å². The molecule has 1 rings (SSSR count). The van der Waals surface area contributed by atoms with Crippen LogP contribution in [0.1, 0.15) is 12.5 Å². The number of methoxy groups -OCH3 is 1. The van der Waals surface area contributed by atoms with Gasteiger partial charge in [-0.15, -0.1) is 0 Å². The Morgan fingerprint density at radius 1 is 1.23 bits per heavy atom. The SMILES string of the molecule is COCC(C)Nc1c([N+](=O)[O-])cc(C(F)(F)F)cc1[N+](=O)[O-]. The van der Waals surface area contributed by atoms with Crippen LogP contribution in [-0.4, -0.2) is 29.6 Å². The Balaban J connectivity index is 3.51. The zero-order valence-electron chi connectivity index (χ0n) is 11.5. The van der Waals surface area contributed by atoms with E-state index in [1.807, 2.05) is 0 Å². The van der Waals surface area contributed by atoms with E-state index in [1.54, 1.807) is 0 Å². The lowest BCUT2D eigenvalue weighted by atomic mass is 10.1. The normalized spacial score (nSPS) is 12.8. The lowest BCUT2D eigenvalue weighted by Gasteiger charge is -2.15. The molecule has 0 radical (unpaired) electrons. The van der Waals surface area contributed by atoms with Gasteiger partial charge in [0.2, 0.25) is 0 Å². The molecule has 8 nitrogen and oxygen atoms in total. The molecule has 11 heteroatoms. The summed E-state index contributed by atoms with van der Waals surface area (Å²) in [5, 5.41) is 24.4. The lowest BCUT2D eigenvalue weighted by Crippen LogP contribution is -2.22. The molecular formula is C11H12F3N3O5. The summed E-state index contributed by atoms with van der Waals surface area (Å²) >= 11 is 0. The maximum absolute atomic E-state index is 12.7. The molecule has 1 atom stereocenters. The van der Waals surface area contributed by atoms with Crippen LogP contribution in [0.2, 0.25) is 0 Å². The molecule has 1 N–H and O–H groups in total. The average molecular weight is 323 g/mol. The van der Waals surface area contributed by atoms with Crippen molar-refractivity contribution in [2.75, 3.05) is 19.0 Å². The number of nitrogens with zero attached hydrogens (tertiary/aromatic N) is 2. The zero-order chi connectivity index (χ0) is 17.1. The maximum atomic E-state index is 12.7. The van der Waals surface area contributed by atoms with Gasteiger partial charge in [-0.2, -0.15) is 13.2 Å². The molecule has 0 saturated carbocycles. The summed E-state index contributed by atoms with van der Waals surface area (Å²) in [4.78, 5) is 19.7. The largest absolute Gasteiger partial charge is 0.416 e. The topological polar surface area (TPSA) is 108 Å². The van der Waals surface area contributed by atoms with Gasteiger partial charge in [0.25, 0.3) is 11.4 Å². The lowest BCUT2D eigenvalue weighted by molar-refractivity contribution is -0.392. The number of anilines is 1. The summed E-state index contributed by atoms with van der Waals surface area (Å²) in [7, 11) is 1.34. The number of hydrogen-bond acceptors (Lipinski definition) is 6. The summed E-state index contributed by atoms with van der Waals surface area (Å²) < 4.78 is 42.9. The summed E-state index contributed by atoms with van der Waals surface area (Å²) in [6, 6.07) is -0.0666. The second kappa shape index (κ2) is 6.56. The van der Waals surface area contributed by atoms with Crippen LogP contribution >= 0.6 is 0 Å². The van der Waals surface area contributed by atoms with Crippen LogP contribution in [0.3, 0.4) is 0 Å². The van der Waals surface area contributed by atoms with Crippen molar-refractivity contribution in [3.05, 3.63) is 37.9 Å². The van der Waals surface area contributed by atoms with Gasteiger partial charge in [0.1, 0.15) is 0 Å². The minimum Gasteiger partial charge on any atom is -0.383 e. The van der Waals surface area contributed by atoms with Crippen LogP contribution < -0.4 is 5.32 Å². The predicted octanol–water partition coefficient (Wildman–Crippen LogP) is 2.97. The Morgan fingerprint density at radius 3 is 2.00 bits per heavy atom. The molecule has 0 spiro atoms. The van der Waals surface area contributed by atoms with E-state index in [0.717, 1.165) is 0 Å². The first-order chi connectivity index (χ1) is 10.1. The van der Waals surface area contributed by atoms with E-state index >= 15 is 0 Å². The summed E-state index contributed by atoms with van der Waals surface area (Å²) in [5.41, 5.74) is -4.10. The molecule has 22 heavy (non-hydrogen) atoms. The molecule has 0 amide bonds. The predicted molar refractivity (Wildman–Crippen MR) is 69.7 cm³/mol. The molecule has 1 aromatic rings. The van der Waals surface area contributed by atoms with Gasteiger partial charge in [-0.1, -0.05) is 0 Å². The fourth-order valence-electron chi connectivity index (χ4n) is 1.75. The van der Waals surface area contributed by atoms with E-state index in [2.05, 4.69) is 5.32 Å². The molecule has 1 aromatic carbocycles. The molecule has 0 aliphatic rings. The molecule has 0 heterocycles. The number of halogens is 3. The van der Waals surface area contributed by atoms with Gasteiger partial charge in [-0.3, -0.25) is 20.2 Å². The highest BCUT2D eigenvalue weighted by atomic mass is 19.4. The van der Waals surface area contributed by atoms with Crippen LogP contribution in [-0.2, 0) is 10.9 Å². The Morgan fingerprint density at radius 2 is 1.68 bits per heavy atom. The summed E-state index contributed by atoms with van der Waals surface area (Å²) in [5.74, 6) is 0. The first-order valence-electron chi connectivity index (χ1n) is 5.87. The van der Waals surface area contributed by atoms with Crippen LogP contribution in [0.5, 0.6) is 0 Å². The third kappa shape index (κ3) is 4.04. The quantitative estimate of drug-likeness (QED) is 0.637. The van der Waals surface area contributed by atoms with Crippen LogP contribution in [0.25, 0.3) is 0 Å². The zero-order valence-corrected chi connectivity index (χ0v) is 11.5. The van der Waals surface area contributed by atoms with E-state index in [-0.39, 0.29) is 18.7 Å². The van der Waals surface area contributed by atoms with E-state index in [0.29, 0.717) is 0 Å². The molecule has 0 bridgehead atoms. The van der Waals surface area contributed by atoms with Gasteiger partial charge in [0.15, 0.2) is 5.69 Å². The summed E-state index contributed by atoms with van der Waals surface area (Å²) in [6.45, 7) is 1.56. The monoisotopic (exact) mass is 323 g/mol. The number of alkyl halides is 3. The van der Waals surface area contributed by atoms with E-state index in [1.165, 1.54) is 14.0 Å². The molecule has 0 fully saturated rings. The van der Waals surface area contributed by atoms with Gasteiger partial charge in [-0.05, 0) is 6.92 Å². The third-order valence-corrected chi connectivity index (χ3v) is 2.62. The molecule has 0 aliphatic carbocycles. The Kier molecular flexibility index (Phi) is 5.25. The van der Waals surface area contributed by atoms with Crippen molar-refractivity contribution >= 4 is 17.1 Å².